The average molecular weight is 558 g/mol. The molecule has 0 aliphatic carbocycles. The zero-order chi connectivity index (χ0) is 27.3. The zero-order valence-corrected chi connectivity index (χ0v) is 21.1. The quantitative estimate of drug-likeness (QED) is 0.189. The van der Waals surface area contributed by atoms with Gasteiger partial charge in [0.2, 0.25) is 0 Å². The first-order valence-corrected chi connectivity index (χ1v) is 12.9. The van der Waals surface area contributed by atoms with Gasteiger partial charge in [-0.05, 0) is 61.4 Å². The maximum atomic E-state index is 13.4. The highest BCUT2D eigenvalue weighted by atomic mass is 32.2. The topological polar surface area (TPSA) is 47.5 Å². The van der Waals surface area contributed by atoms with E-state index in [4.69, 9.17) is 4.74 Å². The van der Waals surface area contributed by atoms with E-state index in [0.29, 0.717) is 34.7 Å². The van der Waals surface area contributed by atoms with E-state index in [1.807, 2.05) is 6.07 Å². The van der Waals surface area contributed by atoms with Crippen LogP contribution in [-0.2, 0) is 11.3 Å². The van der Waals surface area contributed by atoms with Gasteiger partial charge < -0.3 is 24.7 Å². The summed E-state index contributed by atoms with van der Waals surface area (Å²) in [5.74, 6) is 5.07. The molecular formula is C26H25F6N3O2S. The van der Waals surface area contributed by atoms with Crippen molar-refractivity contribution in [3.05, 3.63) is 48.2 Å². The van der Waals surface area contributed by atoms with Crippen molar-refractivity contribution in [3.63, 3.8) is 0 Å². The van der Waals surface area contributed by atoms with Crippen molar-refractivity contribution in [2.75, 3.05) is 36.6 Å². The lowest BCUT2D eigenvalue weighted by Gasteiger charge is -2.24. The Labute approximate surface area is 219 Å². The summed E-state index contributed by atoms with van der Waals surface area (Å²) in [6.07, 6.45) is -6.07. The maximum Gasteiger partial charge on any atom is 0.573 e. The Kier molecular flexibility index (Phi) is 8.57. The van der Waals surface area contributed by atoms with E-state index >= 15 is 0 Å². The van der Waals surface area contributed by atoms with Gasteiger partial charge in [0.1, 0.15) is 6.54 Å². The summed E-state index contributed by atoms with van der Waals surface area (Å²) in [5.41, 5.74) is 1.29. The van der Waals surface area contributed by atoms with Crippen molar-refractivity contribution in [1.82, 2.24) is 4.57 Å². The Bertz CT molecular complexity index is 1320. The predicted molar refractivity (Wildman–Crippen MR) is 136 cm³/mol. The molecule has 4 rings (SSSR count). The Morgan fingerprint density at radius 3 is 2.50 bits per heavy atom. The van der Waals surface area contributed by atoms with Crippen LogP contribution in [0.3, 0.4) is 0 Å². The molecule has 2 N–H and O–H groups in total. The second-order valence-corrected chi connectivity index (χ2v) is 9.45. The molecule has 0 saturated carbocycles. The van der Waals surface area contributed by atoms with Gasteiger partial charge in [0.15, 0.2) is 5.75 Å². The van der Waals surface area contributed by atoms with Crippen LogP contribution in [0.15, 0.2) is 47.4 Å². The molecule has 0 bridgehead atoms. The number of hydrogen-bond donors (Lipinski definition) is 2. The fourth-order valence-electron chi connectivity index (χ4n) is 4.18. The monoisotopic (exact) mass is 557 g/mol. The van der Waals surface area contributed by atoms with E-state index in [1.54, 1.807) is 30.5 Å². The van der Waals surface area contributed by atoms with Crippen LogP contribution in [0, 0.1) is 11.8 Å². The summed E-state index contributed by atoms with van der Waals surface area (Å²) >= 11 is 1.25. The minimum atomic E-state index is -4.88. The summed E-state index contributed by atoms with van der Waals surface area (Å²) in [6, 6.07) is 11.2. The zero-order valence-electron chi connectivity index (χ0n) is 20.3. The van der Waals surface area contributed by atoms with Gasteiger partial charge in [-0.25, -0.2) is 0 Å². The van der Waals surface area contributed by atoms with Crippen LogP contribution in [-0.4, -0.2) is 49.2 Å². The van der Waals surface area contributed by atoms with Gasteiger partial charge >= 0.3 is 12.5 Å². The molecule has 0 amide bonds. The molecule has 1 aliphatic heterocycles. The van der Waals surface area contributed by atoms with Crippen molar-refractivity contribution in [2.45, 2.75) is 42.9 Å². The molecule has 0 spiro atoms. The third kappa shape index (κ3) is 7.45. The second-order valence-electron chi connectivity index (χ2n) is 8.57. The third-order valence-electron chi connectivity index (χ3n) is 5.86. The smallest absolute Gasteiger partial charge is 0.404 e. The molecule has 2 aromatic carbocycles. The number of thioether (sulfide) groups is 1. The molecule has 12 heteroatoms. The standard InChI is InChI=1S/C26H25F6N3O2S/c1-38-19-7-8-22(24(15-19)37-26(30,31)32)33-11-3-4-18-14-20-21(34-17-9-12-36-13-10-17)5-2-6-23(20)35(18)16-25(27,28)29/h2,5-8,14-15,17,33-34H,9-13,16H2,1H3. The highest BCUT2D eigenvalue weighted by molar-refractivity contribution is 7.98. The highest BCUT2D eigenvalue weighted by Crippen LogP contribution is 2.34. The number of anilines is 2. The van der Waals surface area contributed by atoms with Crippen molar-refractivity contribution in [2.24, 2.45) is 0 Å². The van der Waals surface area contributed by atoms with Gasteiger partial charge in [0.25, 0.3) is 0 Å². The van der Waals surface area contributed by atoms with Gasteiger partial charge in [-0.2, -0.15) is 13.2 Å². The third-order valence-corrected chi connectivity index (χ3v) is 6.59. The number of alkyl halides is 6. The fraction of sp³-hybridized carbons (Fsp3) is 0.385. The average Bonchev–Trinajstić information content (AvgIpc) is 3.19. The molecule has 0 atom stereocenters. The van der Waals surface area contributed by atoms with Crippen molar-refractivity contribution in [3.8, 4) is 17.6 Å². The molecule has 1 aromatic heterocycles. The number of halogens is 6. The highest BCUT2D eigenvalue weighted by Gasteiger charge is 2.32. The van der Waals surface area contributed by atoms with Crippen LogP contribution in [0.4, 0.5) is 37.7 Å². The Balaban J connectivity index is 1.60. The molecule has 5 nitrogen and oxygen atoms in total. The van der Waals surface area contributed by atoms with Crippen LogP contribution in [0.1, 0.15) is 18.5 Å². The first-order chi connectivity index (χ1) is 18.0. The van der Waals surface area contributed by atoms with Gasteiger partial charge in [0.05, 0.1) is 23.4 Å². The lowest BCUT2D eigenvalue weighted by atomic mass is 10.1. The van der Waals surface area contributed by atoms with E-state index in [1.165, 1.54) is 23.9 Å². The second kappa shape index (κ2) is 11.7. The molecule has 1 aliphatic rings. The number of aromatic nitrogens is 1. The van der Waals surface area contributed by atoms with E-state index in [9.17, 15) is 26.3 Å². The maximum absolute atomic E-state index is 13.4. The van der Waals surface area contributed by atoms with E-state index < -0.39 is 24.8 Å². The van der Waals surface area contributed by atoms with Crippen molar-refractivity contribution in [1.29, 1.82) is 0 Å². The Morgan fingerprint density at radius 2 is 1.82 bits per heavy atom. The van der Waals surface area contributed by atoms with Gasteiger partial charge in [-0.1, -0.05) is 12.0 Å². The number of nitrogens with one attached hydrogen (secondary N) is 2. The van der Waals surface area contributed by atoms with Gasteiger partial charge in [-0.15, -0.1) is 24.9 Å². The summed E-state index contributed by atoms with van der Waals surface area (Å²) < 4.78 is 89.4. The van der Waals surface area contributed by atoms with Crippen LogP contribution < -0.4 is 15.4 Å². The number of rotatable bonds is 7. The molecule has 0 radical (unpaired) electrons. The fourth-order valence-corrected chi connectivity index (χ4v) is 4.61. The van der Waals surface area contributed by atoms with Gasteiger partial charge in [-0.3, -0.25) is 0 Å². The van der Waals surface area contributed by atoms with E-state index in [2.05, 4.69) is 27.2 Å². The van der Waals surface area contributed by atoms with Crippen molar-refractivity contribution >= 4 is 34.0 Å². The van der Waals surface area contributed by atoms with Gasteiger partial charge in [0, 0.05) is 35.2 Å². The number of benzene rings is 2. The molecule has 0 unspecified atom stereocenters. The largest absolute Gasteiger partial charge is 0.573 e. The Hall–Kier alpha value is -3.17. The molecule has 2 heterocycles. The van der Waals surface area contributed by atoms with Crippen LogP contribution >= 0.6 is 11.8 Å². The van der Waals surface area contributed by atoms with Crippen LogP contribution in [0.25, 0.3) is 10.9 Å². The summed E-state index contributed by atoms with van der Waals surface area (Å²) in [7, 11) is 0. The molecule has 204 valence electrons. The Morgan fingerprint density at radius 1 is 1.05 bits per heavy atom. The molecular weight excluding hydrogens is 532 g/mol. The molecule has 1 fully saturated rings. The SMILES string of the molecule is CSc1ccc(NCC#Cc2cc3c(NC4CCOCC4)cccc3n2CC(F)(F)F)c(OC(F)(F)F)c1. The number of ether oxygens (including phenoxy) is 2. The normalized spacial score (nSPS) is 14.7. The summed E-state index contributed by atoms with van der Waals surface area (Å²) in [6.45, 7) is -0.119. The minimum absolute atomic E-state index is 0.0632. The number of fused-ring (bicyclic) bond motifs is 1. The minimum Gasteiger partial charge on any atom is -0.404 e. The molecule has 1 saturated heterocycles. The lowest BCUT2D eigenvalue weighted by molar-refractivity contribution is -0.274. The van der Waals surface area contributed by atoms with Crippen LogP contribution in [0.2, 0.25) is 0 Å². The molecule has 38 heavy (non-hydrogen) atoms. The first kappa shape index (κ1) is 27.9. The van der Waals surface area contributed by atoms with E-state index in [0.717, 1.165) is 17.4 Å². The summed E-state index contributed by atoms with van der Waals surface area (Å²) in [4.78, 5) is 0.572. The van der Waals surface area contributed by atoms with E-state index in [-0.39, 0.29) is 24.0 Å². The van der Waals surface area contributed by atoms with Crippen LogP contribution in [0.5, 0.6) is 5.75 Å². The summed E-state index contributed by atoms with van der Waals surface area (Å²) in [5, 5.41) is 6.77. The number of nitrogens with zero attached hydrogens (tertiary/aromatic N) is 1. The predicted octanol–water partition coefficient (Wildman–Crippen LogP) is 6.88. The first-order valence-electron chi connectivity index (χ1n) is 11.7. The molecule has 3 aromatic rings. The lowest BCUT2D eigenvalue weighted by Crippen LogP contribution is -2.27. The van der Waals surface area contributed by atoms with Crippen molar-refractivity contribution < 1.29 is 35.8 Å². The number of hydrogen-bond acceptors (Lipinski definition) is 5.